The summed E-state index contributed by atoms with van der Waals surface area (Å²) < 4.78 is 11.2. The summed E-state index contributed by atoms with van der Waals surface area (Å²) in [4.78, 5) is 12.9. The molecule has 2 rings (SSSR count). The molecule has 2 heterocycles. The van der Waals surface area contributed by atoms with Gasteiger partial charge in [0.05, 0.1) is 25.4 Å². The van der Waals surface area contributed by atoms with Crippen molar-refractivity contribution in [2.24, 2.45) is 5.92 Å². The first-order valence-corrected chi connectivity index (χ1v) is 20.5. The summed E-state index contributed by atoms with van der Waals surface area (Å²) >= 11 is 0. The predicted octanol–water partition coefficient (Wildman–Crippen LogP) is 5.64. The fourth-order valence-corrected chi connectivity index (χ4v) is 7.24. The Balaban J connectivity index is 1.66. The zero-order valence-electron chi connectivity index (χ0n) is 31.1. The molecule has 0 saturated carbocycles. The van der Waals surface area contributed by atoms with Gasteiger partial charge in [0.25, 0.3) is 0 Å². The summed E-state index contributed by atoms with van der Waals surface area (Å²) in [5.74, 6) is 0.735. The molecule has 2 aliphatic rings. The van der Waals surface area contributed by atoms with Crippen molar-refractivity contribution < 1.29 is 39.8 Å². The topological polar surface area (TPSA) is 161 Å². The fourth-order valence-electron chi connectivity index (χ4n) is 7.24. The highest BCUT2D eigenvalue weighted by Gasteiger charge is 2.44. The van der Waals surface area contributed by atoms with Crippen LogP contribution in [0, 0.1) is 5.92 Å². The van der Waals surface area contributed by atoms with Crippen molar-refractivity contribution in [3.63, 3.8) is 0 Å². The van der Waals surface area contributed by atoms with Crippen LogP contribution in [-0.2, 0) is 14.3 Å². The second-order valence-electron chi connectivity index (χ2n) is 15.0. The van der Waals surface area contributed by atoms with E-state index >= 15 is 0 Å². The molecule has 290 valence electrons. The van der Waals surface area contributed by atoms with Crippen LogP contribution in [0.1, 0.15) is 167 Å². The average molecular weight is 701 g/mol. The molecule has 2 fully saturated rings. The lowest BCUT2D eigenvalue weighted by molar-refractivity contribution is -0.302. The Morgan fingerprint density at radius 1 is 0.776 bits per heavy atom. The van der Waals surface area contributed by atoms with Gasteiger partial charge in [0.1, 0.15) is 24.4 Å². The minimum Gasteiger partial charge on any atom is -0.394 e. The van der Waals surface area contributed by atoms with Crippen molar-refractivity contribution in [2.75, 3.05) is 26.3 Å². The van der Waals surface area contributed by atoms with Gasteiger partial charge in [-0.3, -0.25) is 4.79 Å². The number of amides is 1. The van der Waals surface area contributed by atoms with Gasteiger partial charge in [-0.25, -0.2) is 0 Å². The number of hydrogen-bond acceptors (Lipinski definition) is 9. The van der Waals surface area contributed by atoms with Crippen LogP contribution in [0.4, 0.5) is 0 Å². The SMILES string of the molecule is CCCCCCCCCCCCCCC[C@@H](O)[C@H](COC1OC(CO)C(O)C(O)C1O)NC(=O)CCCCCCCCCCC1CCNC1. The van der Waals surface area contributed by atoms with Gasteiger partial charge < -0.3 is 45.6 Å². The van der Waals surface area contributed by atoms with E-state index in [9.17, 15) is 30.3 Å². The molecule has 10 heteroatoms. The van der Waals surface area contributed by atoms with Crippen molar-refractivity contribution in [2.45, 2.75) is 210 Å². The highest BCUT2D eigenvalue weighted by atomic mass is 16.7. The van der Waals surface area contributed by atoms with Gasteiger partial charge in [0.2, 0.25) is 5.91 Å². The van der Waals surface area contributed by atoms with Crippen LogP contribution >= 0.6 is 0 Å². The van der Waals surface area contributed by atoms with Crippen LogP contribution in [-0.4, -0.2) is 101 Å². The second kappa shape index (κ2) is 28.7. The van der Waals surface area contributed by atoms with E-state index in [2.05, 4.69) is 17.6 Å². The number of ether oxygens (including phenoxy) is 2. The molecule has 2 saturated heterocycles. The molecule has 0 spiro atoms. The quantitative estimate of drug-likeness (QED) is 0.0454. The number of hydrogen-bond donors (Lipinski definition) is 7. The van der Waals surface area contributed by atoms with E-state index in [1.54, 1.807) is 0 Å². The van der Waals surface area contributed by atoms with Gasteiger partial charge in [0.15, 0.2) is 6.29 Å². The first-order chi connectivity index (χ1) is 23.9. The summed E-state index contributed by atoms with van der Waals surface area (Å²) in [6.45, 7) is 3.94. The summed E-state index contributed by atoms with van der Waals surface area (Å²) in [5, 5.41) is 57.6. The van der Waals surface area contributed by atoms with Crippen molar-refractivity contribution in [1.29, 1.82) is 0 Å². The monoisotopic (exact) mass is 701 g/mol. The van der Waals surface area contributed by atoms with Crippen molar-refractivity contribution in [3.05, 3.63) is 0 Å². The van der Waals surface area contributed by atoms with E-state index in [-0.39, 0.29) is 12.5 Å². The van der Waals surface area contributed by atoms with Crippen LogP contribution in [0.15, 0.2) is 0 Å². The lowest BCUT2D eigenvalue weighted by atomic mass is 9.99. The van der Waals surface area contributed by atoms with Gasteiger partial charge in [-0.05, 0) is 44.7 Å². The van der Waals surface area contributed by atoms with Gasteiger partial charge in [0, 0.05) is 6.42 Å². The number of rotatable bonds is 31. The Morgan fingerprint density at radius 3 is 1.88 bits per heavy atom. The first-order valence-electron chi connectivity index (χ1n) is 20.5. The third kappa shape index (κ3) is 20.1. The third-order valence-electron chi connectivity index (χ3n) is 10.6. The first kappa shape index (κ1) is 44.3. The van der Waals surface area contributed by atoms with Crippen LogP contribution in [0.3, 0.4) is 0 Å². The molecule has 10 nitrogen and oxygen atoms in total. The lowest BCUT2D eigenvalue weighted by Crippen LogP contribution is -2.60. The number of aliphatic hydroxyl groups excluding tert-OH is 5. The normalized spacial score (nSPS) is 25.4. The van der Waals surface area contributed by atoms with E-state index in [1.165, 1.54) is 122 Å². The molecule has 49 heavy (non-hydrogen) atoms. The molecule has 7 N–H and O–H groups in total. The van der Waals surface area contributed by atoms with E-state index in [0.717, 1.165) is 44.4 Å². The van der Waals surface area contributed by atoms with E-state index in [4.69, 9.17) is 9.47 Å². The maximum atomic E-state index is 12.9. The van der Waals surface area contributed by atoms with Gasteiger partial charge >= 0.3 is 0 Å². The molecule has 0 aliphatic carbocycles. The lowest BCUT2D eigenvalue weighted by Gasteiger charge is -2.40. The summed E-state index contributed by atoms with van der Waals surface area (Å²) in [6.07, 6.45) is 21.2. The number of carbonyl (C=O) groups excluding carboxylic acids is 1. The van der Waals surface area contributed by atoms with Gasteiger partial charge in [-0.2, -0.15) is 0 Å². The zero-order valence-corrected chi connectivity index (χ0v) is 31.1. The average Bonchev–Trinajstić information content (AvgIpc) is 3.62. The van der Waals surface area contributed by atoms with Crippen molar-refractivity contribution in [3.8, 4) is 0 Å². The summed E-state index contributed by atoms with van der Waals surface area (Å²) in [5.41, 5.74) is 0. The highest BCUT2D eigenvalue weighted by Crippen LogP contribution is 2.23. The molecule has 0 bridgehead atoms. The van der Waals surface area contributed by atoms with Gasteiger partial charge in [-0.1, -0.05) is 135 Å². The molecule has 2 aliphatic heterocycles. The molecule has 0 aromatic heterocycles. The van der Waals surface area contributed by atoms with E-state index in [1.807, 2.05) is 0 Å². The smallest absolute Gasteiger partial charge is 0.220 e. The summed E-state index contributed by atoms with van der Waals surface area (Å²) in [6, 6.07) is -0.711. The largest absolute Gasteiger partial charge is 0.394 e. The molecular formula is C39H76N2O8. The molecule has 8 atom stereocenters. The summed E-state index contributed by atoms with van der Waals surface area (Å²) in [7, 11) is 0. The van der Waals surface area contributed by atoms with Crippen molar-refractivity contribution >= 4 is 5.91 Å². The molecular weight excluding hydrogens is 624 g/mol. The maximum Gasteiger partial charge on any atom is 0.220 e. The fraction of sp³-hybridized carbons (Fsp3) is 0.974. The minimum atomic E-state index is -1.55. The third-order valence-corrected chi connectivity index (χ3v) is 10.6. The zero-order chi connectivity index (χ0) is 35.5. The Labute approximate surface area is 298 Å². The number of aliphatic hydroxyl groups is 5. The molecule has 1 amide bonds. The maximum absolute atomic E-state index is 12.9. The van der Waals surface area contributed by atoms with E-state index in [0.29, 0.717) is 12.8 Å². The standard InChI is InChI=1S/C39H76N2O8/c1-2-3-4-5-6-7-8-9-10-11-15-18-21-24-33(43)32(30-48-39-38(47)37(46)36(45)34(29-42)49-39)41-35(44)25-22-19-16-13-12-14-17-20-23-31-26-27-40-28-31/h31-34,36-40,42-43,45-47H,2-30H2,1H3,(H,41,44)/t31?,32-,33+,34?,36?,37?,38?,39?/m0/s1. The molecule has 6 unspecified atom stereocenters. The number of unbranched alkanes of at least 4 members (excludes halogenated alkanes) is 19. The Bertz CT molecular complexity index is 784. The van der Waals surface area contributed by atoms with Crippen molar-refractivity contribution in [1.82, 2.24) is 10.6 Å². The second-order valence-corrected chi connectivity index (χ2v) is 15.0. The van der Waals surface area contributed by atoms with Crippen LogP contribution < -0.4 is 10.6 Å². The highest BCUT2D eigenvalue weighted by molar-refractivity contribution is 5.76. The Morgan fingerprint density at radius 2 is 1.33 bits per heavy atom. The molecule has 0 aromatic rings. The minimum absolute atomic E-state index is 0.134. The Kier molecular flexibility index (Phi) is 26.0. The predicted molar refractivity (Wildman–Crippen MR) is 195 cm³/mol. The number of nitrogens with one attached hydrogen (secondary N) is 2. The Hall–Kier alpha value is -0.850. The number of carbonyl (C=O) groups is 1. The van der Waals surface area contributed by atoms with Crippen LogP contribution in [0.25, 0.3) is 0 Å². The van der Waals surface area contributed by atoms with Crippen LogP contribution in [0.5, 0.6) is 0 Å². The molecule has 0 aromatic carbocycles. The van der Waals surface area contributed by atoms with E-state index < -0.39 is 49.5 Å². The van der Waals surface area contributed by atoms with Gasteiger partial charge in [-0.15, -0.1) is 0 Å². The van der Waals surface area contributed by atoms with Crippen LogP contribution in [0.2, 0.25) is 0 Å². The molecule has 0 radical (unpaired) electrons.